The molecule has 0 aliphatic heterocycles. The van der Waals surface area contributed by atoms with Crippen molar-refractivity contribution < 1.29 is 9.59 Å². The van der Waals surface area contributed by atoms with Gasteiger partial charge in [-0.3, -0.25) is 9.59 Å². The maximum Gasteiger partial charge on any atom is 0.159 e. The van der Waals surface area contributed by atoms with Gasteiger partial charge in [0.1, 0.15) is 0 Å². The molecule has 0 aromatic rings. The molecule has 0 radical (unpaired) electrons. The number of carbonyl (C=O) groups is 2. The lowest BCUT2D eigenvalue weighted by Crippen LogP contribution is -2.29. The molecule has 2 fully saturated rings. The first kappa shape index (κ1) is 20.7. The van der Waals surface area contributed by atoms with Gasteiger partial charge in [-0.2, -0.15) is 0 Å². The Morgan fingerprint density at radius 1 is 0.692 bits per heavy atom. The Morgan fingerprint density at radius 3 is 1.27 bits per heavy atom. The fourth-order valence-corrected chi connectivity index (χ4v) is 4.33. The average Bonchev–Trinajstić information content (AvgIpc) is 2.61. The van der Waals surface area contributed by atoms with Crippen LogP contribution in [0.1, 0.15) is 90.9 Å². The Kier molecular flexibility index (Phi) is 7.04. The number of hydrogen-bond donors (Lipinski definition) is 0. The first-order chi connectivity index (χ1) is 12.3. The molecular formula is C24H34O2. The van der Waals surface area contributed by atoms with E-state index in [1.807, 2.05) is 0 Å². The van der Waals surface area contributed by atoms with Crippen LogP contribution in [0.15, 0.2) is 24.3 Å². The minimum Gasteiger partial charge on any atom is -0.295 e. The third kappa shape index (κ3) is 5.44. The molecule has 0 aromatic carbocycles. The van der Waals surface area contributed by atoms with Gasteiger partial charge in [0.15, 0.2) is 11.6 Å². The van der Waals surface area contributed by atoms with Crippen molar-refractivity contribution in [2.24, 2.45) is 10.8 Å². The Labute approximate surface area is 159 Å². The standard InChI is InChI=1S/C24H34O2/c1-19(2)21(25)17-23(11-7-5-8-12-23)15-16-24(13-9-6-10-14-24)18-22(26)20(3)4/h1,3,5-14,17-18H2,2,4H3. The van der Waals surface area contributed by atoms with Crippen LogP contribution >= 0.6 is 0 Å². The molecule has 0 amide bonds. The van der Waals surface area contributed by atoms with Gasteiger partial charge in [-0.25, -0.2) is 0 Å². The lowest BCUT2D eigenvalue weighted by Gasteiger charge is -2.35. The fraction of sp³-hybridized carbons (Fsp3) is 0.667. The van der Waals surface area contributed by atoms with Gasteiger partial charge in [0.2, 0.25) is 0 Å². The number of Topliss-reactive ketones (excluding diaryl/α,β-unsaturated/α-hetero) is 2. The fourth-order valence-electron chi connectivity index (χ4n) is 4.33. The lowest BCUT2D eigenvalue weighted by molar-refractivity contribution is -0.118. The van der Waals surface area contributed by atoms with Crippen molar-refractivity contribution in [1.82, 2.24) is 0 Å². The summed E-state index contributed by atoms with van der Waals surface area (Å²) in [6.45, 7) is 11.2. The minimum absolute atomic E-state index is 0.136. The van der Waals surface area contributed by atoms with Crippen LogP contribution in [-0.4, -0.2) is 11.6 Å². The maximum atomic E-state index is 12.4. The number of carbonyl (C=O) groups excluding carboxylic acids is 2. The largest absolute Gasteiger partial charge is 0.295 e. The highest BCUT2D eigenvalue weighted by Gasteiger charge is 2.36. The Balaban J connectivity index is 2.29. The average molecular weight is 355 g/mol. The highest BCUT2D eigenvalue weighted by Crippen LogP contribution is 2.43. The van der Waals surface area contributed by atoms with E-state index in [9.17, 15) is 9.59 Å². The van der Waals surface area contributed by atoms with Gasteiger partial charge in [0.05, 0.1) is 0 Å². The van der Waals surface area contributed by atoms with Crippen LogP contribution in [0.4, 0.5) is 0 Å². The summed E-state index contributed by atoms with van der Waals surface area (Å²) in [5.74, 6) is 7.44. The summed E-state index contributed by atoms with van der Waals surface area (Å²) in [7, 11) is 0. The van der Waals surface area contributed by atoms with Crippen LogP contribution < -0.4 is 0 Å². The predicted molar refractivity (Wildman–Crippen MR) is 108 cm³/mol. The van der Waals surface area contributed by atoms with Gasteiger partial charge in [-0.15, -0.1) is 0 Å². The van der Waals surface area contributed by atoms with Crippen molar-refractivity contribution in [2.75, 3.05) is 0 Å². The summed E-state index contributed by atoms with van der Waals surface area (Å²) in [5, 5.41) is 0. The van der Waals surface area contributed by atoms with E-state index < -0.39 is 0 Å². The van der Waals surface area contributed by atoms with E-state index in [-0.39, 0.29) is 22.4 Å². The molecule has 0 aromatic heterocycles. The zero-order valence-electron chi connectivity index (χ0n) is 16.7. The topological polar surface area (TPSA) is 34.1 Å². The predicted octanol–water partition coefficient (Wildman–Crippen LogP) is 5.96. The second kappa shape index (κ2) is 8.85. The molecule has 0 bridgehead atoms. The molecular weight excluding hydrogens is 320 g/mol. The lowest BCUT2D eigenvalue weighted by atomic mass is 9.67. The molecule has 26 heavy (non-hydrogen) atoms. The Morgan fingerprint density at radius 2 is 1.00 bits per heavy atom. The summed E-state index contributed by atoms with van der Waals surface area (Å²) in [4.78, 5) is 24.8. The normalized spacial score (nSPS) is 21.2. The second-order valence-corrected chi connectivity index (χ2v) is 8.69. The number of rotatable bonds is 6. The molecule has 2 nitrogen and oxygen atoms in total. The molecule has 2 aliphatic rings. The van der Waals surface area contributed by atoms with Crippen LogP contribution in [0.5, 0.6) is 0 Å². The van der Waals surface area contributed by atoms with E-state index in [1.165, 1.54) is 12.8 Å². The molecule has 0 atom stereocenters. The molecule has 0 saturated heterocycles. The van der Waals surface area contributed by atoms with E-state index in [4.69, 9.17) is 0 Å². The second-order valence-electron chi connectivity index (χ2n) is 8.69. The van der Waals surface area contributed by atoms with Gasteiger partial charge in [0, 0.05) is 23.7 Å². The summed E-state index contributed by atoms with van der Waals surface area (Å²) < 4.78 is 0. The molecule has 2 aliphatic carbocycles. The first-order valence-corrected chi connectivity index (χ1v) is 10.2. The van der Waals surface area contributed by atoms with Crippen LogP contribution in [0.3, 0.4) is 0 Å². The van der Waals surface area contributed by atoms with Crippen molar-refractivity contribution in [3.05, 3.63) is 24.3 Å². The molecule has 0 spiro atoms. The molecule has 0 unspecified atom stereocenters. The highest BCUT2D eigenvalue weighted by molar-refractivity contribution is 5.95. The number of allylic oxidation sites excluding steroid dienone is 2. The van der Waals surface area contributed by atoms with E-state index in [1.54, 1.807) is 13.8 Å². The zero-order valence-corrected chi connectivity index (χ0v) is 16.7. The third-order valence-electron chi connectivity index (χ3n) is 6.16. The van der Waals surface area contributed by atoms with Gasteiger partial charge in [-0.05, 0) is 50.7 Å². The van der Waals surface area contributed by atoms with Crippen LogP contribution in [0, 0.1) is 22.7 Å². The van der Waals surface area contributed by atoms with Crippen LogP contribution in [-0.2, 0) is 9.59 Å². The summed E-state index contributed by atoms with van der Waals surface area (Å²) in [6.07, 6.45) is 11.9. The van der Waals surface area contributed by atoms with Crippen molar-refractivity contribution in [2.45, 2.75) is 90.9 Å². The van der Waals surface area contributed by atoms with Gasteiger partial charge < -0.3 is 0 Å². The Bertz CT molecular complexity index is 575. The van der Waals surface area contributed by atoms with Crippen LogP contribution in [0.25, 0.3) is 0 Å². The minimum atomic E-state index is -0.217. The molecule has 2 saturated carbocycles. The van der Waals surface area contributed by atoms with Crippen molar-refractivity contribution >= 4 is 11.6 Å². The number of hydrogen-bond acceptors (Lipinski definition) is 2. The molecule has 142 valence electrons. The van der Waals surface area contributed by atoms with E-state index in [0.29, 0.717) is 24.0 Å². The summed E-state index contributed by atoms with van der Waals surface area (Å²) in [5.41, 5.74) is 0.818. The SMILES string of the molecule is C=C(C)C(=O)CC1(C#CC2(CC(=O)C(=C)C)CCCCC2)CCCCC1. The van der Waals surface area contributed by atoms with Crippen molar-refractivity contribution in [3.8, 4) is 11.8 Å². The number of ketones is 2. The quantitative estimate of drug-likeness (QED) is 0.435. The molecule has 0 heterocycles. The summed E-state index contributed by atoms with van der Waals surface area (Å²) >= 11 is 0. The summed E-state index contributed by atoms with van der Waals surface area (Å²) in [6, 6.07) is 0. The molecule has 2 rings (SSSR count). The van der Waals surface area contributed by atoms with E-state index in [2.05, 4.69) is 25.0 Å². The van der Waals surface area contributed by atoms with E-state index >= 15 is 0 Å². The van der Waals surface area contributed by atoms with Gasteiger partial charge in [-0.1, -0.05) is 63.5 Å². The zero-order chi connectivity index (χ0) is 19.2. The van der Waals surface area contributed by atoms with Gasteiger partial charge in [0.25, 0.3) is 0 Å². The van der Waals surface area contributed by atoms with Crippen molar-refractivity contribution in [3.63, 3.8) is 0 Å². The Hall–Kier alpha value is -1.62. The smallest absolute Gasteiger partial charge is 0.159 e. The monoisotopic (exact) mass is 354 g/mol. The highest BCUT2D eigenvalue weighted by atomic mass is 16.1. The van der Waals surface area contributed by atoms with Crippen molar-refractivity contribution in [1.29, 1.82) is 0 Å². The maximum absolute atomic E-state index is 12.4. The van der Waals surface area contributed by atoms with Crippen LogP contribution in [0.2, 0.25) is 0 Å². The molecule has 0 N–H and O–H groups in total. The third-order valence-corrected chi connectivity index (χ3v) is 6.16. The van der Waals surface area contributed by atoms with Gasteiger partial charge >= 0.3 is 0 Å². The first-order valence-electron chi connectivity index (χ1n) is 10.2. The van der Waals surface area contributed by atoms with E-state index in [0.717, 1.165) is 51.4 Å². The molecule has 2 heteroatoms.